The maximum absolute atomic E-state index is 14.9. The molecule has 30 heavy (non-hydrogen) atoms. The number of halogens is 1. The van der Waals surface area contributed by atoms with Crippen LogP contribution in [-0.4, -0.2) is 22.6 Å². The summed E-state index contributed by atoms with van der Waals surface area (Å²) in [6.07, 6.45) is -1.07. The zero-order chi connectivity index (χ0) is 22.6. The van der Waals surface area contributed by atoms with Gasteiger partial charge in [-0.3, -0.25) is 0 Å². The standard InChI is InChI=1S/C24H25FO5/c1-14(2)22(26)29-18-10-7-16(8-11-18)19-12-9-17(13-20(19)25)21(24(5,6)28)30-23(27)15(3)4/h7-13,21,28H,1,3H2,2,4-6H3. The summed E-state index contributed by atoms with van der Waals surface area (Å²) in [4.78, 5) is 23.5. The highest BCUT2D eigenvalue weighted by Crippen LogP contribution is 2.33. The average Bonchev–Trinajstić information content (AvgIpc) is 2.65. The van der Waals surface area contributed by atoms with Gasteiger partial charge in [0.15, 0.2) is 6.10 Å². The molecule has 0 fully saturated rings. The van der Waals surface area contributed by atoms with E-state index in [1.807, 2.05) is 0 Å². The Bertz CT molecular complexity index is 984. The summed E-state index contributed by atoms with van der Waals surface area (Å²) in [5.74, 6) is -1.45. The van der Waals surface area contributed by atoms with Gasteiger partial charge in [-0.2, -0.15) is 0 Å². The fraction of sp³-hybridized carbons (Fsp3) is 0.250. The molecule has 1 N–H and O–H groups in total. The normalized spacial score (nSPS) is 12.1. The molecular weight excluding hydrogens is 387 g/mol. The first-order chi connectivity index (χ1) is 13.9. The lowest BCUT2D eigenvalue weighted by molar-refractivity contribution is -0.158. The number of benzene rings is 2. The summed E-state index contributed by atoms with van der Waals surface area (Å²) in [6.45, 7) is 13.0. The molecule has 2 aromatic rings. The summed E-state index contributed by atoms with van der Waals surface area (Å²) in [5.41, 5.74) is 0.187. The van der Waals surface area contributed by atoms with E-state index in [0.717, 1.165) is 0 Å². The Balaban J connectivity index is 2.31. The molecule has 1 atom stereocenters. The Morgan fingerprint density at radius 3 is 2.03 bits per heavy atom. The molecule has 0 aromatic heterocycles. The maximum Gasteiger partial charge on any atom is 0.338 e. The van der Waals surface area contributed by atoms with Crippen molar-refractivity contribution in [2.75, 3.05) is 0 Å². The van der Waals surface area contributed by atoms with Crippen molar-refractivity contribution in [2.45, 2.75) is 39.4 Å². The number of hydrogen-bond donors (Lipinski definition) is 1. The number of carbonyl (C=O) groups is 2. The van der Waals surface area contributed by atoms with Gasteiger partial charge in [0, 0.05) is 16.7 Å². The van der Waals surface area contributed by atoms with Crippen LogP contribution >= 0.6 is 0 Å². The van der Waals surface area contributed by atoms with Crippen molar-refractivity contribution in [1.29, 1.82) is 0 Å². The topological polar surface area (TPSA) is 72.8 Å². The van der Waals surface area contributed by atoms with Crippen LogP contribution in [0.15, 0.2) is 66.8 Å². The monoisotopic (exact) mass is 412 g/mol. The SMILES string of the molecule is C=C(C)C(=O)Oc1ccc(-c2ccc(C(OC(=O)C(=C)C)C(C)(C)O)cc2F)cc1. The second-order valence-corrected chi connectivity index (χ2v) is 7.65. The van der Waals surface area contributed by atoms with Gasteiger partial charge in [-0.15, -0.1) is 0 Å². The molecule has 1 unspecified atom stereocenters. The average molecular weight is 412 g/mol. The van der Waals surface area contributed by atoms with Gasteiger partial charge >= 0.3 is 11.9 Å². The summed E-state index contributed by atoms with van der Waals surface area (Å²) in [7, 11) is 0. The van der Waals surface area contributed by atoms with Crippen molar-refractivity contribution in [3.8, 4) is 16.9 Å². The quantitative estimate of drug-likeness (QED) is 0.398. The summed E-state index contributed by atoms with van der Waals surface area (Å²) >= 11 is 0. The molecule has 0 spiro atoms. The zero-order valence-electron chi connectivity index (χ0n) is 17.5. The minimum atomic E-state index is -1.44. The molecule has 0 aliphatic carbocycles. The first kappa shape index (κ1) is 23.0. The number of hydrogen-bond acceptors (Lipinski definition) is 5. The van der Waals surface area contributed by atoms with E-state index in [0.29, 0.717) is 22.4 Å². The molecule has 0 amide bonds. The molecule has 2 rings (SSSR count). The first-order valence-electron chi connectivity index (χ1n) is 9.26. The van der Waals surface area contributed by atoms with E-state index in [-0.39, 0.29) is 11.1 Å². The number of carbonyl (C=O) groups excluding carboxylic acids is 2. The minimum Gasteiger partial charge on any atom is -0.451 e. The predicted octanol–water partition coefficient (Wildman–Crippen LogP) is 4.91. The molecule has 6 heteroatoms. The third-order valence-electron chi connectivity index (χ3n) is 4.24. The van der Waals surface area contributed by atoms with Gasteiger partial charge in [0.25, 0.3) is 0 Å². The lowest BCUT2D eigenvalue weighted by Gasteiger charge is -2.29. The highest BCUT2D eigenvalue weighted by atomic mass is 19.1. The third kappa shape index (κ3) is 5.64. The van der Waals surface area contributed by atoms with Crippen molar-refractivity contribution in [2.24, 2.45) is 0 Å². The first-order valence-corrected chi connectivity index (χ1v) is 9.26. The molecule has 0 bridgehead atoms. The van der Waals surface area contributed by atoms with E-state index in [4.69, 9.17) is 9.47 Å². The molecule has 0 radical (unpaired) electrons. The molecular formula is C24H25FO5. The lowest BCUT2D eigenvalue weighted by atomic mass is 9.92. The molecule has 0 aliphatic rings. The number of rotatable bonds is 7. The second-order valence-electron chi connectivity index (χ2n) is 7.65. The smallest absolute Gasteiger partial charge is 0.338 e. The van der Waals surface area contributed by atoms with Crippen molar-refractivity contribution in [3.05, 3.63) is 78.1 Å². The van der Waals surface area contributed by atoms with Gasteiger partial charge in [0.2, 0.25) is 0 Å². The van der Waals surface area contributed by atoms with Crippen molar-refractivity contribution in [3.63, 3.8) is 0 Å². The Morgan fingerprint density at radius 2 is 1.57 bits per heavy atom. The highest BCUT2D eigenvalue weighted by molar-refractivity contribution is 5.89. The van der Waals surface area contributed by atoms with E-state index < -0.39 is 29.5 Å². The van der Waals surface area contributed by atoms with Crippen LogP contribution in [0.5, 0.6) is 5.75 Å². The third-order valence-corrected chi connectivity index (χ3v) is 4.24. The van der Waals surface area contributed by atoms with Gasteiger partial charge in [-0.1, -0.05) is 37.4 Å². The van der Waals surface area contributed by atoms with E-state index in [9.17, 15) is 19.1 Å². The number of aliphatic hydroxyl groups is 1. The second kappa shape index (κ2) is 9.05. The maximum atomic E-state index is 14.9. The Labute approximate surface area is 175 Å². The molecule has 0 saturated heterocycles. The lowest BCUT2D eigenvalue weighted by Crippen LogP contribution is -2.32. The predicted molar refractivity (Wildman–Crippen MR) is 112 cm³/mol. The molecule has 158 valence electrons. The van der Waals surface area contributed by atoms with Crippen LogP contribution in [0.25, 0.3) is 11.1 Å². The van der Waals surface area contributed by atoms with Crippen LogP contribution in [-0.2, 0) is 14.3 Å². The van der Waals surface area contributed by atoms with Crippen LogP contribution in [0.3, 0.4) is 0 Å². The number of esters is 2. The fourth-order valence-corrected chi connectivity index (χ4v) is 2.65. The molecule has 5 nitrogen and oxygen atoms in total. The van der Waals surface area contributed by atoms with Gasteiger partial charge in [0.1, 0.15) is 17.2 Å². The number of ether oxygens (including phenoxy) is 2. The largest absolute Gasteiger partial charge is 0.451 e. The molecule has 0 heterocycles. The van der Waals surface area contributed by atoms with Gasteiger partial charge in [0.05, 0.1) is 0 Å². The Kier molecular flexibility index (Phi) is 6.95. The minimum absolute atomic E-state index is 0.175. The van der Waals surface area contributed by atoms with E-state index >= 15 is 0 Å². The Hall–Kier alpha value is -3.25. The van der Waals surface area contributed by atoms with Gasteiger partial charge < -0.3 is 14.6 Å². The molecule has 2 aromatic carbocycles. The summed E-state index contributed by atoms with van der Waals surface area (Å²) in [6, 6.07) is 10.7. The summed E-state index contributed by atoms with van der Waals surface area (Å²) < 4.78 is 25.3. The van der Waals surface area contributed by atoms with E-state index in [1.54, 1.807) is 37.3 Å². The van der Waals surface area contributed by atoms with Gasteiger partial charge in [-0.25, -0.2) is 14.0 Å². The van der Waals surface area contributed by atoms with Crippen molar-refractivity contribution in [1.82, 2.24) is 0 Å². The van der Waals surface area contributed by atoms with Crippen molar-refractivity contribution >= 4 is 11.9 Å². The Morgan fingerprint density at radius 1 is 1.00 bits per heavy atom. The highest BCUT2D eigenvalue weighted by Gasteiger charge is 2.33. The molecule has 0 aliphatic heterocycles. The van der Waals surface area contributed by atoms with Gasteiger partial charge in [-0.05, 0) is 57.0 Å². The van der Waals surface area contributed by atoms with E-state index in [2.05, 4.69) is 13.2 Å². The van der Waals surface area contributed by atoms with Crippen LogP contribution in [0.2, 0.25) is 0 Å². The zero-order valence-corrected chi connectivity index (χ0v) is 17.5. The van der Waals surface area contributed by atoms with Crippen LogP contribution < -0.4 is 4.74 Å². The van der Waals surface area contributed by atoms with Crippen molar-refractivity contribution < 1.29 is 28.6 Å². The molecule has 0 saturated carbocycles. The van der Waals surface area contributed by atoms with E-state index in [1.165, 1.54) is 32.9 Å². The van der Waals surface area contributed by atoms with Crippen LogP contribution in [0.4, 0.5) is 4.39 Å². The van der Waals surface area contributed by atoms with Crippen LogP contribution in [0, 0.1) is 5.82 Å². The van der Waals surface area contributed by atoms with Crippen LogP contribution in [0.1, 0.15) is 39.4 Å². The fourth-order valence-electron chi connectivity index (χ4n) is 2.65. The summed E-state index contributed by atoms with van der Waals surface area (Å²) in [5, 5.41) is 10.4.